The summed E-state index contributed by atoms with van der Waals surface area (Å²) < 4.78 is 20.2. The number of esters is 2. The third kappa shape index (κ3) is 7.66. The van der Waals surface area contributed by atoms with Gasteiger partial charge in [0.1, 0.15) is 11.2 Å². The molecule has 0 aromatic rings. The summed E-state index contributed by atoms with van der Waals surface area (Å²) in [5, 5.41) is 15.1. The van der Waals surface area contributed by atoms with Crippen LogP contribution in [-0.4, -0.2) is 72.7 Å². The van der Waals surface area contributed by atoms with Crippen molar-refractivity contribution in [2.75, 3.05) is 14.2 Å². The molecule has 4 fully saturated rings. The Morgan fingerprint density at radius 1 is 0.643 bits per heavy atom. The van der Waals surface area contributed by atoms with Crippen molar-refractivity contribution < 1.29 is 48.0 Å². The molecule has 12 nitrogen and oxygen atoms in total. The number of fused-ring (bicyclic) bond motifs is 4. The third-order valence-electron chi connectivity index (χ3n) is 9.06. The highest BCUT2D eigenvalue weighted by Gasteiger charge is 2.59. The van der Waals surface area contributed by atoms with Gasteiger partial charge in [0, 0.05) is 12.1 Å². The molecular weight excluding hydrogens is 548 g/mol. The molecule has 0 heterocycles. The molecule has 0 radical (unpaired) electrons. The van der Waals surface area contributed by atoms with Crippen molar-refractivity contribution >= 4 is 30.1 Å². The minimum Gasteiger partial charge on any atom is -0.481 e. The maximum atomic E-state index is 11.9. The maximum Gasteiger partial charge on any atom is 0.407 e. The molecule has 3 N–H and O–H groups in total. The number of carbonyl (C=O) groups is 5. The van der Waals surface area contributed by atoms with Crippen LogP contribution in [0.25, 0.3) is 0 Å². The van der Waals surface area contributed by atoms with Crippen molar-refractivity contribution in [3.8, 4) is 0 Å². The van der Waals surface area contributed by atoms with Crippen LogP contribution in [0.4, 0.5) is 9.59 Å². The van der Waals surface area contributed by atoms with Crippen molar-refractivity contribution in [3.05, 3.63) is 0 Å². The molecule has 2 amide bonds. The quantitative estimate of drug-likeness (QED) is 0.314. The van der Waals surface area contributed by atoms with Gasteiger partial charge in [0.05, 0.1) is 32.0 Å². The van der Waals surface area contributed by atoms with Gasteiger partial charge in [-0.15, -0.1) is 0 Å². The van der Waals surface area contributed by atoms with Crippen LogP contribution in [0.5, 0.6) is 0 Å². The van der Waals surface area contributed by atoms with E-state index in [1.807, 2.05) is 20.8 Å². The van der Waals surface area contributed by atoms with Gasteiger partial charge in [-0.3, -0.25) is 14.4 Å². The van der Waals surface area contributed by atoms with E-state index in [-0.39, 0.29) is 41.7 Å². The minimum atomic E-state index is -0.974. The second-order valence-electron chi connectivity index (χ2n) is 14.1. The number of aliphatic carboxylic acids is 1. The van der Waals surface area contributed by atoms with Crippen molar-refractivity contribution in [2.24, 2.45) is 47.3 Å². The van der Waals surface area contributed by atoms with Crippen molar-refractivity contribution in [1.82, 2.24) is 10.6 Å². The Morgan fingerprint density at radius 2 is 1.05 bits per heavy atom. The van der Waals surface area contributed by atoms with Crippen LogP contribution < -0.4 is 10.6 Å². The van der Waals surface area contributed by atoms with Gasteiger partial charge in [-0.2, -0.15) is 0 Å². The number of alkyl carbamates (subject to hydrolysis) is 2. The summed E-state index contributed by atoms with van der Waals surface area (Å²) in [7, 11) is 2.68. The van der Waals surface area contributed by atoms with E-state index in [1.54, 1.807) is 20.8 Å². The molecule has 4 unspecified atom stereocenters. The first-order chi connectivity index (χ1) is 19.4. The van der Waals surface area contributed by atoms with Gasteiger partial charge in [-0.25, -0.2) is 9.59 Å². The Labute approximate surface area is 247 Å². The molecule has 0 spiro atoms. The monoisotopic (exact) mass is 596 g/mol. The molecule has 0 aromatic heterocycles. The molecule has 238 valence electrons. The highest BCUT2D eigenvalue weighted by Crippen LogP contribution is 2.53. The molecule has 4 bridgehead atoms. The molecule has 0 saturated heterocycles. The van der Waals surface area contributed by atoms with Gasteiger partial charge in [0.15, 0.2) is 0 Å². The summed E-state index contributed by atoms with van der Waals surface area (Å²) >= 11 is 0. The first kappa shape index (κ1) is 33.5. The van der Waals surface area contributed by atoms with Gasteiger partial charge in [-0.1, -0.05) is 6.92 Å². The number of hydrogen-bond acceptors (Lipinski definition) is 9. The molecule has 4 aliphatic carbocycles. The number of carboxylic acids is 1. The first-order valence-electron chi connectivity index (χ1n) is 14.7. The predicted octanol–water partition coefficient (Wildman–Crippen LogP) is 3.75. The van der Waals surface area contributed by atoms with Crippen molar-refractivity contribution in [2.45, 2.75) is 97.4 Å². The van der Waals surface area contributed by atoms with Gasteiger partial charge in [0.2, 0.25) is 0 Å². The Bertz CT molecular complexity index is 1050. The van der Waals surface area contributed by atoms with E-state index < -0.39 is 47.2 Å². The average Bonchev–Trinajstić information content (AvgIpc) is 3.60. The molecule has 4 aliphatic rings. The summed E-state index contributed by atoms with van der Waals surface area (Å²) in [6.07, 6.45) is 2.14. The largest absolute Gasteiger partial charge is 0.481 e. The second kappa shape index (κ2) is 12.7. The highest BCUT2D eigenvalue weighted by molar-refractivity contribution is 5.83. The van der Waals surface area contributed by atoms with Crippen LogP contribution >= 0.6 is 0 Å². The number of carbonyl (C=O) groups excluding carboxylic acids is 4. The van der Waals surface area contributed by atoms with Crippen molar-refractivity contribution in [3.63, 3.8) is 0 Å². The fourth-order valence-corrected chi connectivity index (χ4v) is 7.57. The normalized spacial score (nSPS) is 34.5. The van der Waals surface area contributed by atoms with Crippen LogP contribution in [0.2, 0.25) is 0 Å². The molecular formula is C30H48N2O10. The Morgan fingerprint density at radius 3 is 1.45 bits per heavy atom. The van der Waals surface area contributed by atoms with Crippen LogP contribution in [-0.2, 0) is 33.3 Å². The van der Waals surface area contributed by atoms with Crippen molar-refractivity contribution in [1.29, 1.82) is 0 Å². The highest BCUT2D eigenvalue weighted by atomic mass is 16.6. The molecule has 10 atom stereocenters. The molecule has 12 heteroatoms. The number of amides is 2. The maximum absolute atomic E-state index is 11.9. The van der Waals surface area contributed by atoms with E-state index in [9.17, 15) is 29.1 Å². The minimum absolute atomic E-state index is 0.0233. The zero-order chi connectivity index (χ0) is 31.7. The molecule has 42 heavy (non-hydrogen) atoms. The number of ether oxygens (including phenoxy) is 4. The van der Waals surface area contributed by atoms with E-state index >= 15 is 0 Å². The molecule has 0 aliphatic heterocycles. The Kier molecular flexibility index (Phi) is 10.1. The van der Waals surface area contributed by atoms with E-state index in [0.29, 0.717) is 24.7 Å². The van der Waals surface area contributed by atoms with Gasteiger partial charge >= 0.3 is 30.1 Å². The standard InChI is InChI=1S/C15H23NO6.C15H25NO4/c1-15(2,3)22-14(20)16-9-6-7-5-8(9)11(13(19)21-4)10(7)12(17)18;1-8-9-6-10(12(8)13(17)19-5)11(7-9)16-14(18)20-15(2,3)4/h7-11H,5-6H2,1-4H3,(H,16,20)(H,17,18);8-12H,6-7H2,1-5H3,(H,16,18)/t7?,8?,9-,10-,11+;8-,9?,10?,11-,12-/m00/s1. The van der Waals surface area contributed by atoms with Gasteiger partial charge in [0.25, 0.3) is 0 Å². The summed E-state index contributed by atoms with van der Waals surface area (Å²) in [5.74, 6) is -2.51. The fraction of sp³-hybridized carbons (Fsp3) is 0.833. The van der Waals surface area contributed by atoms with E-state index in [0.717, 1.165) is 12.8 Å². The zero-order valence-electron chi connectivity index (χ0n) is 26.2. The summed E-state index contributed by atoms with van der Waals surface area (Å²) in [4.78, 5) is 59.0. The van der Waals surface area contributed by atoms with Gasteiger partial charge < -0.3 is 34.7 Å². The van der Waals surface area contributed by atoms with Gasteiger partial charge in [-0.05, 0) is 96.8 Å². The van der Waals surface area contributed by atoms with Crippen LogP contribution in [0.1, 0.15) is 74.1 Å². The Balaban J connectivity index is 0.000000231. The second-order valence-corrected chi connectivity index (χ2v) is 14.1. The predicted molar refractivity (Wildman–Crippen MR) is 150 cm³/mol. The van der Waals surface area contributed by atoms with E-state index in [1.165, 1.54) is 14.2 Å². The van der Waals surface area contributed by atoms with Crippen LogP contribution in [0.15, 0.2) is 0 Å². The number of hydrogen-bond donors (Lipinski definition) is 3. The number of methoxy groups -OCH3 is 2. The number of nitrogens with one attached hydrogen (secondary N) is 2. The zero-order valence-corrected chi connectivity index (χ0v) is 26.2. The molecule has 4 rings (SSSR count). The number of carboxylic acid groups (broad SMARTS) is 1. The van der Waals surface area contributed by atoms with E-state index in [4.69, 9.17) is 18.9 Å². The lowest BCUT2D eigenvalue weighted by Gasteiger charge is -2.33. The fourth-order valence-electron chi connectivity index (χ4n) is 7.57. The lowest BCUT2D eigenvalue weighted by molar-refractivity contribution is -0.158. The summed E-state index contributed by atoms with van der Waals surface area (Å²) in [6.45, 7) is 12.9. The van der Waals surface area contributed by atoms with Crippen LogP contribution in [0.3, 0.4) is 0 Å². The third-order valence-corrected chi connectivity index (χ3v) is 9.06. The molecule has 0 aromatic carbocycles. The average molecular weight is 597 g/mol. The lowest BCUT2D eigenvalue weighted by Crippen LogP contribution is -2.48. The Hall–Kier alpha value is -3.05. The van der Waals surface area contributed by atoms with E-state index in [2.05, 4.69) is 17.6 Å². The molecule has 4 saturated carbocycles. The van der Waals surface area contributed by atoms with Crippen LogP contribution in [0, 0.1) is 47.3 Å². The SMILES string of the molecule is COC(=O)[C@@H]1C2CC(C[C@@H]2NC(=O)OC(C)(C)C)[C@@H]1C.COC(=O)[C@@H]1C2CC(C[C@@H]2NC(=O)OC(C)(C)C)[C@@H]1C(=O)O. The number of rotatable bonds is 5. The topological polar surface area (TPSA) is 167 Å². The lowest BCUT2D eigenvalue weighted by atomic mass is 9.77. The summed E-state index contributed by atoms with van der Waals surface area (Å²) in [5.41, 5.74) is -1.11. The first-order valence-corrected chi connectivity index (χ1v) is 14.7. The summed E-state index contributed by atoms with van der Waals surface area (Å²) in [6, 6.07) is -0.227. The smallest absolute Gasteiger partial charge is 0.407 e.